The first kappa shape index (κ1) is 22.6. The number of benzene rings is 1. The predicted molar refractivity (Wildman–Crippen MR) is 106 cm³/mol. The van der Waals surface area contributed by atoms with Crippen molar-refractivity contribution in [1.29, 1.82) is 0 Å². The molecule has 2 amide bonds. The Morgan fingerprint density at radius 2 is 2.04 bits per heavy atom. The van der Waals surface area contributed by atoms with E-state index in [1.165, 1.54) is 0 Å². The van der Waals surface area contributed by atoms with Crippen LogP contribution in [0.2, 0.25) is 0 Å². The maximum atomic E-state index is 12.5. The van der Waals surface area contributed by atoms with Crippen LogP contribution in [0.3, 0.4) is 0 Å². The van der Waals surface area contributed by atoms with Gasteiger partial charge in [-0.05, 0) is 46.1 Å². The van der Waals surface area contributed by atoms with E-state index in [0.29, 0.717) is 25.3 Å². The average Bonchev–Trinajstić information content (AvgIpc) is 3.06. The van der Waals surface area contributed by atoms with Crippen LogP contribution < -0.4 is 33.9 Å². The molecule has 28 heavy (non-hydrogen) atoms. The highest BCUT2D eigenvalue weighted by atomic mass is 127. The second-order valence-corrected chi connectivity index (χ2v) is 7.40. The maximum Gasteiger partial charge on any atom is 0.409 e. The lowest BCUT2D eigenvalue weighted by atomic mass is 10.1. The van der Waals surface area contributed by atoms with Crippen molar-refractivity contribution in [3.8, 4) is 0 Å². The van der Waals surface area contributed by atoms with Gasteiger partial charge < -0.3 is 38.9 Å². The third kappa shape index (κ3) is 6.16. The monoisotopic (exact) mass is 559 g/mol. The molecular weight excluding hydrogens is 537 g/mol. The molecule has 2 heterocycles. The van der Waals surface area contributed by atoms with Gasteiger partial charge in [0, 0.05) is 18.7 Å². The maximum absolute atomic E-state index is 12.5. The van der Waals surface area contributed by atoms with Crippen molar-refractivity contribution in [2.45, 2.75) is 26.3 Å². The second-order valence-electron chi connectivity index (χ2n) is 6.48. The number of hydrogen-bond donors (Lipinski definition) is 1. The van der Waals surface area contributed by atoms with E-state index in [1.807, 2.05) is 47.3 Å². The first-order chi connectivity index (χ1) is 13.0. The Morgan fingerprint density at radius 1 is 1.29 bits per heavy atom. The van der Waals surface area contributed by atoms with E-state index in [4.69, 9.17) is 4.74 Å². The SMILES string of the molecule is CCC[n+]1cc(Br)cc(C(=O)Nc2ccc(CCN3CCOC3=O)cc2)c1.[I-]. The molecule has 1 fully saturated rings. The summed E-state index contributed by atoms with van der Waals surface area (Å²) >= 11 is 3.46. The fourth-order valence-electron chi connectivity index (χ4n) is 2.96. The van der Waals surface area contributed by atoms with Gasteiger partial charge in [0.2, 0.25) is 0 Å². The molecule has 1 aromatic heterocycles. The fourth-order valence-corrected chi connectivity index (χ4v) is 3.47. The van der Waals surface area contributed by atoms with Gasteiger partial charge in [0.1, 0.15) is 18.7 Å². The van der Waals surface area contributed by atoms with Crippen molar-refractivity contribution in [3.05, 3.63) is 58.3 Å². The number of ether oxygens (including phenoxy) is 1. The first-order valence-corrected chi connectivity index (χ1v) is 9.86. The summed E-state index contributed by atoms with van der Waals surface area (Å²) < 4.78 is 7.81. The molecule has 2 aromatic rings. The van der Waals surface area contributed by atoms with Gasteiger partial charge in [-0.2, -0.15) is 0 Å². The third-order valence-corrected chi connectivity index (χ3v) is 4.79. The van der Waals surface area contributed by atoms with Crippen LogP contribution in [0.15, 0.2) is 47.2 Å². The zero-order valence-electron chi connectivity index (χ0n) is 15.7. The van der Waals surface area contributed by atoms with Gasteiger partial charge in [0.15, 0.2) is 12.4 Å². The zero-order valence-corrected chi connectivity index (χ0v) is 19.4. The van der Waals surface area contributed by atoms with Gasteiger partial charge in [-0.1, -0.05) is 19.1 Å². The van der Waals surface area contributed by atoms with E-state index in [0.717, 1.165) is 35.1 Å². The predicted octanol–water partition coefficient (Wildman–Crippen LogP) is 0.398. The molecule has 0 saturated carbocycles. The number of amides is 2. The first-order valence-electron chi connectivity index (χ1n) is 9.07. The Bertz CT molecular complexity index is 830. The molecule has 1 aliphatic rings. The number of nitrogens with one attached hydrogen (secondary N) is 1. The van der Waals surface area contributed by atoms with Crippen molar-refractivity contribution in [3.63, 3.8) is 0 Å². The summed E-state index contributed by atoms with van der Waals surface area (Å²) in [6, 6.07) is 9.51. The summed E-state index contributed by atoms with van der Waals surface area (Å²) in [5.41, 5.74) is 2.46. The molecule has 1 aromatic carbocycles. The van der Waals surface area contributed by atoms with Gasteiger partial charge in [0.05, 0.1) is 11.0 Å². The van der Waals surface area contributed by atoms with E-state index >= 15 is 0 Å². The molecule has 1 saturated heterocycles. The highest BCUT2D eigenvalue weighted by molar-refractivity contribution is 9.10. The van der Waals surface area contributed by atoms with Crippen LogP contribution >= 0.6 is 15.9 Å². The number of nitrogens with zero attached hydrogens (tertiary/aromatic N) is 2. The summed E-state index contributed by atoms with van der Waals surface area (Å²) in [5.74, 6) is -0.145. The topological polar surface area (TPSA) is 62.5 Å². The van der Waals surface area contributed by atoms with Crippen molar-refractivity contribution in [2.24, 2.45) is 0 Å². The van der Waals surface area contributed by atoms with Crippen molar-refractivity contribution in [2.75, 3.05) is 25.0 Å². The van der Waals surface area contributed by atoms with Crippen molar-refractivity contribution in [1.82, 2.24) is 4.90 Å². The summed E-state index contributed by atoms with van der Waals surface area (Å²) in [4.78, 5) is 25.7. The van der Waals surface area contributed by atoms with Gasteiger partial charge in [-0.25, -0.2) is 9.36 Å². The number of aryl methyl sites for hydroxylation is 1. The number of hydrogen-bond acceptors (Lipinski definition) is 3. The Balaban J connectivity index is 0.00000280. The number of anilines is 1. The van der Waals surface area contributed by atoms with Crippen LogP contribution in [0, 0.1) is 0 Å². The Kier molecular flexibility index (Phi) is 8.68. The number of halogens is 2. The fraction of sp³-hybridized carbons (Fsp3) is 0.350. The molecule has 6 nitrogen and oxygen atoms in total. The minimum absolute atomic E-state index is 0. The number of aromatic nitrogens is 1. The number of pyridine rings is 1. The Hall–Kier alpha value is -1.68. The molecule has 0 bridgehead atoms. The lowest BCUT2D eigenvalue weighted by Gasteiger charge is -2.12. The lowest BCUT2D eigenvalue weighted by Crippen LogP contribution is -3.00. The molecule has 0 atom stereocenters. The lowest BCUT2D eigenvalue weighted by molar-refractivity contribution is -0.697. The molecule has 3 rings (SSSR count). The van der Waals surface area contributed by atoms with Gasteiger partial charge >= 0.3 is 6.09 Å². The highest BCUT2D eigenvalue weighted by Gasteiger charge is 2.21. The molecule has 1 N–H and O–H groups in total. The third-order valence-electron chi connectivity index (χ3n) is 4.36. The smallest absolute Gasteiger partial charge is 0.409 e. The van der Waals surface area contributed by atoms with Gasteiger partial charge in [-0.15, -0.1) is 0 Å². The molecular formula is C20H23BrIN3O3. The minimum atomic E-state index is -0.242. The van der Waals surface area contributed by atoms with Crippen LogP contribution in [0.1, 0.15) is 29.3 Å². The second kappa shape index (κ2) is 10.8. The van der Waals surface area contributed by atoms with Crippen molar-refractivity contribution >= 4 is 33.6 Å². The number of cyclic esters (lactones) is 1. The zero-order chi connectivity index (χ0) is 19.2. The van der Waals surface area contributed by atoms with Crippen LogP contribution in [-0.4, -0.2) is 36.6 Å². The van der Waals surface area contributed by atoms with Crippen LogP contribution in [-0.2, 0) is 17.7 Å². The van der Waals surface area contributed by atoms with Gasteiger partial charge in [-0.3, -0.25) is 4.79 Å². The molecule has 150 valence electrons. The molecule has 0 unspecified atom stereocenters. The quantitative estimate of drug-likeness (QED) is 0.395. The molecule has 1 aliphatic heterocycles. The van der Waals surface area contributed by atoms with Crippen LogP contribution in [0.5, 0.6) is 0 Å². The number of carbonyl (C=O) groups excluding carboxylic acids is 2. The molecule has 0 aliphatic carbocycles. The summed E-state index contributed by atoms with van der Waals surface area (Å²) in [6.45, 7) is 4.72. The Morgan fingerprint density at radius 3 is 2.68 bits per heavy atom. The van der Waals surface area contributed by atoms with Crippen LogP contribution in [0.4, 0.5) is 10.5 Å². The Labute approximate surface area is 190 Å². The highest BCUT2D eigenvalue weighted by Crippen LogP contribution is 2.14. The number of rotatable bonds is 7. The largest absolute Gasteiger partial charge is 1.00 e. The summed E-state index contributed by atoms with van der Waals surface area (Å²) in [7, 11) is 0. The minimum Gasteiger partial charge on any atom is -1.00 e. The summed E-state index contributed by atoms with van der Waals surface area (Å²) in [5, 5.41) is 2.93. The average molecular weight is 560 g/mol. The van der Waals surface area contributed by atoms with E-state index in [-0.39, 0.29) is 36.0 Å². The standard InChI is InChI=1S/C20H22BrN3O3.HI/c1-2-8-23-13-16(12-17(21)14-23)19(25)22-18-5-3-15(4-6-18)7-9-24-10-11-27-20(24)26;/h3-6,12-14H,2,7-11H2,1H3;1H. The van der Waals surface area contributed by atoms with Crippen LogP contribution in [0.25, 0.3) is 0 Å². The van der Waals surface area contributed by atoms with E-state index in [1.54, 1.807) is 4.90 Å². The van der Waals surface area contributed by atoms with E-state index in [9.17, 15) is 9.59 Å². The van der Waals surface area contributed by atoms with E-state index < -0.39 is 0 Å². The molecule has 0 spiro atoms. The van der Waals surface area contributed by atoms with Crippen molar-refractivity contribution < 1.29 is 42.9 Å². The number of carbonyl (C=O) groups is 2. The molecule has 0 radical (unpaired) electrons. The van der Waals surface area contributed by atoms with Gasteiger partial charge in [0.25, 0.3) is 5.91 Å². The normalized spacial score (nSPS) is 13.1. The summed E-state index contributed by atoms with van der Waals surface area (Å²) in [6.07, 6.45) is 5.33. The van der Waals surface area contributed by atoms with E-state index in [2.05, 4.69) is 28.2 Å². The molecule has 8 heteroatoms.